The summed E-state index contributed by atoms with van der Waals surface area (Å²) in [7, 11) is 0. The van der Waals surface area contributed by atoms with Gasteiger partial charge in [-0.05, 0) is 59.9 Å². The number of hydrogen-bond acceptors (Lipinski definition) is 8. The van der Waals surface area contributed by atoms with Gasteiger partial charge in [0.05, 0.1) is 24.1 Å². The topological polar surface area (TPSA) is 143 Å². The molecule has 3 amide bonds. The molecule has 2 aliphatic carbocycles. The summed E-state index contributed by atoms with van der Waals surface area (Å²) >= 11 is 1.58. The van der Waals surface area contributed by atoms with Crippen molar-refractivity contribution in [3.8, 4) is 11.1 Å². The van der Waals surface area contributed by atoms with Gasteiger partial charge in [0.1, 0.15) is 19.3 Å². The first kappa shape index (κ1) is 41.3. The lowest BCUT2D eigenvalue weighted by Crippen LogP contribution is -2.51. The van der Waals surface area contributed by atoms with Gasteiger partial charge in [0.15, 0.2) is 0 Å². The molecule has 4 N–H and O–H groups in total. The number of carbonyl (C=O) groups excluding carboxylic acids is 4. The maximum absolute atomic E-state index is 13.7. The second-order valence-corrected chi connectivity index (χ2v) is 15.4. The van der Waals surface area contributed by atoms with Gasteiger partial charge >= 0.3 is 12.1 Å². The summed E-state index contributed by atoms with van der Waals surface area (Å²) < 4.78 is 11.5. The van der Waals surface area contributed by atoms with Crippen LogP contribution in [-0.2, 0) is 29.6 Å². The fraction of sp³-hybridized carbons (Fsp3) is 0.409. The van der Waals surface area contributed by atoms with Gasteiger partial charge in [-0.1, -0.05) is 104 Å². The fourth-order valence-electron chi connectivity index (χ4n) is 7.37. The summed E-state index contributed by atoms with van der Waals surface area (Å²) in [6.07, 6.45) is 6.66. The number of amides is 3. The van der Waals surface area contributed by atoms with Crippen molar-refractivity contribution in [2.75, 3.05) is 25.6 Å². The maximum Gasteiger partial charge on any atom is 0.407 e. The van der Waals surface area contributed by atoms with Gasteiger partial charge in [-0.15, -0.1) is 13.2 Å². The van der Waals surface area contributed by atoms with Crippen molar-refractivity contribution in [3.63, 3.8) is 0 Å². The molecule has 11 heteroatoms. The highest BCUT2D eigenvalue weighted by molar-refractivity contribution is 7.98. The molecule has 5 rings (SSSR count). The molecule has 1 fully saturated rings. The third kappa shape index (κ3) is 11.6. The number of hydrogen-bond donors (Lipinski definition) is 4. The van der Waals surface area contributed by atoms with Gasteiger partial charge in [0.2, 0.25) is 11.8 Å². The Hall–Kier alpha value is -4.87. The monoisotopic (exact) mass is 767 g/mol. The van der Waals surface area contributed by atoms with Gasteiger partial charge < -0.3 is 30.5 Å². The van der Waals surface area contributed by atoms with Crippen LogP contribution in [-0.4, -0.2) is 72.2 Å². The SMILES string of the molecule is C=CCC[C@H](NC(=O)OCC1c2ccccc2-c2ccccc21)C(=O)OC[C@H](CSCc1ccccc1)NC(=O)[C@@H](CC=C)CC(=O)NC1(CO)CCCC1. The highest BCUT2D eigenvalue weighted by Gasteiger charge is 2.36. The third-order valence-corrected chi connectivity index (χ3v) is 11.5. The van der Waals surface area contributed by atoms with Crippen LogP contribution in [0, 0.1) is 5.92 Å². The smallest absolute Gasteiger partial charge is 0.407 e. The number of aliphatic hydroxyl groups is 1. The molecule has 0 aliphatic heterocycles. The number of fused-ring (bicyclic) bond motifs is 3. The molecule has 2 aliphatic rings. The molecular weight excluding hydrogens is 715 g/mol. The Balaban J connectivity index is 1.20. The minimum Gasteiger partial charge on any atom is -0.462 e. The summed E-state index contributed by atoms with van der Waals surface area (Å²) in [5, 5.41) is 18.7. The number of benzene rings is 3. The summed E-state index contributed by atoms with van der Waals surface area (Å²) in [4.78, 5) is 53.5. The van der Waals surface area contributed by atoms with Crippen LogP contribution >= 0.6 is 11.8 Å². The van der Waals surface area contributed by atoms with E-state index < -0.39 is 35.6 Å². The number of thioether (sulfide) groups is 1. The zero-order valence-corrected chi connectivity index (χ0v) is 32.2. The van der Waals surface area contributed by atoms with E-state index in [4.69, 9.17) is 9.47 Å². The van der Waals surface area contributed by atoms with Crippen molar-refractivity contribution in [1.82, 2.24) is 16.0 Å². The Labute approximate surface area is 328 Å². The van der Waals surface area contributed by atoms with E-state index in [0.717, 1.165) is 40.7 Å². The molecule has 0 unspecified atom stereocenters. The lowest BCUT2D eigenvalue weighted by molar-refractivity contribution is -0.147. The Morgan fingerprint density at radius 1 is 0.873 bits per heavy atom. The van der Waals surface area contributed by atoms with Crippen molar-refractivity contribution < 1.29 is 33.8 Å². The number of ether oxygens (including phenoxy) is 2. The zero-order valence-electron chi connectivity index (χ0n) is 31.4. The number of carbonyl (C=O) groups is 4. The van der Waals surface area contributed by atoms with Crippen molar-refractivity contribution in [1.29, 1.82) is 0 Å². The highest BCUT2D eigenvalue weighted by atomic mass is 32.2. The van der Waals surface area contributed by atoms with E-state index in [-0.39, 0.29) is 56.8 Å². The minimum atomic E-state index is -1.01. The Bertz CT molecular complexity index is 1730. The number of nitrogens with one attached hydrogen (secondary N) is 3. The van der Waals surface area contributed by atoms with Gasteiger partial charge in [-0.25, -0.2) is 9.59 Å². The molecular formula is C44H53N3O7S. The number of allylic oxidation sites excluding steroid dienone is 2. The van der Waals surface area contributed by atoms with Crippen LogP contribution < -0.4 is 16.0 Å². The minimum absolute atomic E-state index is 0.0725. The molecule has 10 nitrogen and oxygen atoms in total. The van der Waals surface area contributed by atoms with Crippen LogP contribution in [0.3, 0.4) is 0 Å². The van der Waals surface area contributed by atoms with E-state index in [9.17, 15) is 24.3 Å². The molecule has 55 heavy (non-hydrogen) atoms. The van der Waals surface area contributed by atoms with Gasteiger partial charge in [-0.3, -0.25) is 9.59 Å². The molecule has 3 aromatic carbocycles. The molecule has 0 aromatic heterocycles. The van der Waals surface area contributed by atoms with Crippen LogP contribution in [0.15, 0.2) is 104 Å². The van der Waals surface area contributed by atoms with E-state index >= 15 is 0 Å². The van der Waals surface area contributed by atoms with E-state index in [0.29, 0.717) is 30.8 Å². The molecule has 0 heterocycles. The van der Waals surface area contributed by atoms with Crippen molar-refractivity contribution in [2.24, 2.45) is 5.92 Å². The first-order chi connectivity index (χ1) is 26.8. The van der Waals surface area contributed by atoms with E-state index in [2.05, 4.69) is 41.2 Å². The van der Waals surface area contributed by atoms with Crippen LogP contribution in [0.25, 0.3) is 11.1 Å². The third-order valence-electron chi connectivity index (χ3n) is 10.3. The molecule has 0 bridgehead atoms. The molecule has 0 saturated heterocycles. The fourth-order valence-corrected chi connectivity index (χ4v) is 8.38. The van der Waals surface area contributed by atoms with E-state index in [1.54, 1.807) is 23.9 Å². The Morgan fingerprint density at radius 2 is 1.53 bits per heavy atom. The van der Waals surface area contributed by atoms with Gasteiger partial charge in [0.25, 0.3) is 0 Å². The van der Waals surface area contributed by atoms with Gasteiger partial charge in [0, 0.05) is 23.8 Å². The zero-order chi connectivity index (χ0) is 39.0. The van der Waals surface area contributed by atoms with Crippen molar-refractivity contribution in [3.05, 3.63) is 121 Å². The van der Waals surface area contributed by atoms with Crippen LogP contribution in [0.5, 0.6) is 0 Å². The second kappa shape index (κ2) is 20.7. The van der Waals surface area contributed by atoms with Crippen LogP contribution in [0.2, 0.25) is 0 Å². The summed E-state index contributed by atoms with van der Waals surface area (Å²) in [5.74, 6) is -1.06. The first-order valence-corrected chi connectivity index (χ1v) is 20.2. The van der Waals surface area contributed by atoms with Crippen LogP contribution in [0.4, 0.5) is 4.79 Å². The second-order valence-electron chi connectivity index (χ2n) is 14.3. The standard InChI is InChI=1S/C44H53N3O7S/c1-3-5-22-39(46-43(52)54-27-38-36-20-11-9-18-34(36)35-19-10-12-21-37(35)38)42(51)53-26-33(29-55-28-31-16-7-6-8-17-31)45-41(50)32(15-4-2)25-40(49)47-44(30-48)23-13-14-24-44/h3-4,6-12,16-21,32-33,38-39,48H,1-2,5,13-15,22-30H2,(H,45,50)(H,46,52)(H,47,49)/t32-,33+,39-/m0/s1. The quantitative estimate of drug-likeness (QED) is 0.0683. The summed E-state index contributed by atoms with van der Waals surface area (Å²) in [5.41, 5.74) is 4.85. The molecule has 3 aromatic rings. The number of rotatable bonds is 21. The maximum atomic E-state index is 13.7. The number of esters is 1. The largest absolute Gasteiger partial charge is 0.462 e. The number of aliphatic hydroxyl groups excluding tert-OH is 1. The van der Waals surface area contributed by atoms with Crippen molar-refractivity contribution in [2.45, 2.75) is 80.7 Å². The summed E-state index contributed by atoms with van der Waals surface area (Å²) in [6.45, 7) is 7.36. The first-order valence-electron chi connectivity index (χ1n) is 19.1. The lowest BCUT2D eigenvalue weighted by Gasteiger charge is -2.29. The lowest BCUT2D eigenvalue weighted by atomic mass is 9.95. The predicted octanol–water partition coefficient (Wildman–Crippen LogP) is 6.83. The van der Waals surface area contributed by atoms with Crippen LogP contribution in [0.1, 0.15) is 74.0 Å². The molecule has 292 valence electrons. The Kier molecular flexibility index (Phi) is 15.6. The molecule has 0 radical (unpaired) electrons. The average molecular weight is 768 g/mol. The highest BCUT2D eigenvalue weighted by Crippen LogP contribution is 2.44. The molecule has 3 atom stereocenters. The number of alkyl carbamates (subject to hydrolysis) is 1. The van der Waals surface area contributed by atoms with E-state index in [1.165, 1.54) is 0 Å². The molecule has 1 saturated carbocycles. The van der Waals surface area contributed by atoms with Gasteiger partial charge in [-0.2, -0.15) is 11.8 Å². The van der Waals surface area contributed by atoms with E-state index in [1.807, 2.05) is 66.7 Å². The summed E-state index contributed by atoms with van der Waals surface area (Å²) in [6, 6.07) is 24.4. The van der Waals surface area contributed by atoms with Crippen molar-refractivity contribution >= 4 is 35.6 Å². The normalized spacial score (nSPS) is 15.7. The average Bonchev–Trinajstić information content (AvgIpc) is 3.80. The Morgan fingerprint density at radius 3 is 2.16 bits per heavy atom. The molecule has 0 spiro atoms. The predicted molar refractivity (Wildman–Crippen MR) is 216 cm³/mol.